The van der Waals surface area contributed by atoms with Gasteiger partial charge in [0.1, 0.15) is 5.60 Å². The van der Waals surface area contributed by atoms with E-state index in [1.165, 1.54) is 33.1 Å². The summed E-state index contributed by atoms with van der Waals surface area (Å²) in [5.74, 6) is 1.93. The average molecular weight is 379 g/mol. The molecule has 2 heteroatoms. The van der Waals surface area contributed by atoms with E-state index < -0.39 is 0 Å². The molecule has 1 saturated heterocycles. The van der Waals surface area contributed by atoms with Crippen molar-refractivity contribution in [1.29, 1.82) is 0 Å². The van der Waals surface area contributed by atoms with Crippen LogP contribution < -0.4 is 0 Å². The molecule has 5 unspecified atom stereocenters. The molecule has 0 amide bonds. The number of rotatable bonds is 3. The molecule has 0 bridgehead atoms. The van der Waals surface area contributed by atoms with Gasteiger partial charge in [0.2, 0.25) is 0 Å². The highest BCUT2D eigenvalue weighted by Gasteiger charge is 2.56. The Morgan fingerprint density at radius 2 is 1.91 bits per heavy atom. The van der Waals surface area contributed by atoms with Crippen molar-refractivity contribution in [2.24, 2.45) is 17.8 Å². The lowest BCUT2D eigenvalue weighted by Gasteiger charge is -2.58. The molecule has 1 aromatic carbocycles. The molecule has 0 saturated carbocycles. The van der Waals surface area contributed by atoms with Gasteiger partial charge in [0, 0.05) is 10.9 Å². The van der Waals surface area contributed by atoms with Crippen molar-refractivity contribution in [3.63, 3.8) is 0 Å². The van der Waals surface area contributed by atoms with Crippen LogP contribution in [-0.2, 0) is 23.2 Å². The lowest BCUT2D eigenvalue weighted by Crippen LogP contribution is -2.57. The van der Waals surface area contributed by atoms with Gasteiger partial charge in [-0.3, -0.25) is 0 Å². The summed E-state index contributed by atoms with van der Waals surface area (Å²) in [7, 11) is 0. The van der Waals surface area contributed by atoms with Gasteiger partial charge in [0.25, 0.3) is 0 Å². The lowest BCUT2D eigenvalue weighted by atomic mass is 9.58. The Hall–Kier alpha value is -0.340. The lowest BCUT2D eigenvalue weighted by molar-refractivity contribution is -0.220. The zero-order chi connectivity index (χ0) is 16.9. The molecule has 0 N–H and O–H groups in total. The number of fused-ring (bicyclic) bond motifs is 2. The minimum absolute atomic E-state index is 0.0424. The summed E-state index contributed by atoms with van der Waals surface area (Å²) in [6.07, 6.45) is 4.94. The Kier molecular flexibility index (Phi) is 4.70. The van der Waals surface area contributed by atoms with Crippen LogP contribution in [0.15, 0.2) is 10.5 Å². The van der Waals surface area contributed by atoms with E-state index in [0.29, 0.717) is 23.9 Å². The third kappa shape index (κ3) is 2.43. The normalized spacial score (nSPS) is 36.0. The fourth-order valence-corrected chi connectivity index (χ4v) is 5.69. The first-order valence-electron chi connectivity index (χ1n) is 9.36. The van der Waals surface area contributed by atoms with Gasteiger partial charge in [-0.05, 0) is 59.8 Å². The Balaban J connectivity index is 2.05. The molecule has 128 valence electrons. The second-order valence-corrected chi connectivity index (χ2v) is 8.70. The van der Waals surface area contributed by atoms with Crippen molar-refractivity contribution in [3.8, 4) is 0 Å². The maximum atomic E-state index is 6.80. The largest absolute Gasteiger partial charge is 0.366 e. The number of hydrogen-bond acceptors (Lipinski definition) is 1. The van der Waals surface area contributed by atoms with Crippen LogP contribution in [0.5, 0.6) is 0 Å². The summed E-state index contributed by atoms with van der Waals surface area (Å²) in [4.78, 5) is 0. The number of halogens is 1. The molecule has 0 radical (unpaired) electrons. The quantitative estimate of drug-likeness (QED) is 0.609. The van der Waals surface area contributed by atoms with E-state index in [0.717, 1.165) is 19.3 Å². The van der Waals surface area contributed by atoms with E-state index in [-0.39, 0.29) is 5.60 Å². The molecular formula is C21H31BrO. The first kappa shape index (κ1) is 17.5. The van der Waals surface area contributed by atoms with Crippen LogP contribution in [0.25, 0.3) is 0 Å². The Morgan fingerprint density at radius 3 is 2.52 bits per heavy atom. The van der Waals surface area contributed by atoms with Crippen LogP contribution in [-0.4, -0.2) is 6.10 Å². The summed E-state index contributed by atoms with van der Waals surface area (Å²) in [5.41, 5.74) is 5.86. The van der Waals surface area contributed by atoms with Crippen LogP contribution in [0.1, 0.15) is 69.7 Å². The Morgan fingerprint density at radius 1 is 1.22 bits per heavy atom. The van der Waals surface area contributed by atoms with Gasteiger partial charge in [-0.1, -0.05) is 63.0 Å². The molecule has 1 heterocycles. The fourth-order valence-electron chi connectivity index (χ4n) is 5.04. The molecule has 23 heavy (non-hydrogen) atoms. The van der Waals surface area contributed by atoms with E-state index in [2.05, 4.69) is 63.5 Å². The summed E-state index contributed by atoms with van der Waals surface area (Å²) < 4.78 is 8.14. The van der Waals surface area contributed by atoms with E-state index in [9.17, 15) is 0 Å². The Bertz CT molecular complexity index is 606. The van der Waals surface area contributed by atoms with Crippen LogP contribution in [0, 0.1) is 24.7 Å². The standard InChI is InChI=1S/C21H31BrO/c1-7-9-16-10-12(3)19-17(20(16)22)11-21(19)15(6)13(4)14(5)18(8-2)23-21/h10,13-15,18H,7-9,11H2,1-6H3. The first-order chi connectivity index (χ1) is 10.9. The van der Waals surface area contributed by atoms with Crippen molar-refractivity contribution in [2.75, 3.05) is 0 Å². The minimum atomic E-state index is -0.0424. The van der Waals surface area contributed by atoms with Gasteiger partial charge in [-0.15, -0.1) is 0 Å². The SMILES string of the molecule is CCCc1cc(C)c2c(c1Br)CC21OC(CC)C(C)C(C)C1C. The molecule has 5 atom stereocenters. The van der Waals surface area contributed by atoms with Gasteiger partial charge in [0.15, 0.2) is 0 Å². The van der Waals surface area contributed by atoms with E-state index >= 15 is 0 Å². The number of hydrogen-bond donors (Lipinski definition) is 0. The van der Waals surface area contributed by atoms with E-state index in [1.807, 2.05) is 0 Å². The molecule has 1 nitrogen and oxygen atoms in total. The van der Waals surface area contributed by atoms with Crippen molar-refractivity contribution in [3.05, 3.63) is 32.8 Å². The third-order valence-electron chi connectivity index (χ3n) is 6.72. The number of benzene rings is 1. The number of aryl methyl sites for hydroxylation is 2. The predicted octanol–water partition coefficient (Wildman–Crippen LogP) is 6.18. The smallest absolute Gasteiger partial charge is 0.101 e. The van der Waals surface area contributed by atoms with Gasteiger partial charge < -0.3 is 4.74 Å². The van der Waals surface area contributed by atoms with Gasteiger partial charge in [-0.25, -0.2) is 0 Å². The fraction of sp³-hybridized carbons (Fsp3) is 0.714. The van der Waals surface area contributed by atoms with E-state index in [4.69, 9.17) is 4.74 Å². The summed E-state index contributed by atoms with van der Waals surface area (Å²) in [6.45, 7) is 14.0. The van der Waals surface area contributed by atoms with Crippen LogP contribution in [0.2, 0.25) is 0 Å². The van der Waals surface area contributed by atoms with Crippen LogP contribution in [0.3, 0.4) is 0 Å². The third-order valence-corrected chi connectivity index (χ3v) is 7.71. The average Bonchev–Trinajstić information content (AvgIpc) is 2.49. The van der Waals surface area contributed by atoms with Crippen LogP contribution in [0.4, 0.5) is 0 Å². The maximum Gasteiger partial charge on any atom is 0.101 e. The van der Waals surface area contributed by atoms with Crippen molar-refractivity contribution in [2.45, 2.75) is 78.9 Å². The van der Waals surface area contributed by atoms with Crippen molar-refractivity contribution >= 4 is 15.9 Å². The summed E-state index contributed by atoms with van der Waals surface area (Å²) in [6, 6.07) is 2.40. The monoisotopic (exact) mass is 378 g/mol. The maximum absolute atomic E-state index is 6.80. The minimum Gasteiger partial charge on any atom is -0.366 e. The second-order valence-electron chi connectivity index (χ2n) is 7.91. The molecule has 2 aliphatic rings. The molecular weight excluding hydrogens is 348 g/mol. The Labute approximate surface area is 150 Å². The molecule has 3 rings (SSSR count). The topological polar surface area (TPSA) is 9.23 Å². The summed E-state index contributed by atoms with van der Waals surface area (Å²) >= 11 is 3.89. The molecule has 1 spiro atoms. The highest BCUT2D eigenvalue weighted by atomic mass is 79.9. The highest BCUT2D eigenvalue weighted by molar-refractivity contribution is 9.10. The molecule has 1 fully saturated rings. The molecule has 0 aromatic heterocycles. The van der Waals surface area contributed by atoms with Crippen LogP contribution >= 0.6 is 15.9 Å². The molecule has 1 aromatic rings. The van der Waals surface area contributed by atoms with Gasteiger partial charge in [0.05, 0.1) is 6.10 Å². The molecule has 1 aliphatic heterocycles. The molecule has 1 aliphatic carbocycles. The van der Waals surface area contributed by atoms with Crippen molar-refractivity contribution < 1.29 is 4.74 Å². The van der Waals surface area contributed by atoms with Gasteiger partial charge >= 0.3 is 0 Å². The van der Waals surface area contributed by atoms with Gasteiger partial charge in [-0.2, -0.15) is 0 Å². The highest BCUT2D eigenvalue weighted by Crippen LogP contribution is 2.58. The first-order valence-corrected chi connectivity index (χ1v) is 10.2. The second kappa shape index (κ2) is 6.19. The zero-order valence-electron chi connectivity index (χ0n) is 15.5. The van der Waals surface area contributed by atoms with Crippen molar-refractivity contribution in [1.82, 2.24) is 0 Å². The zero-order valence-corrected chi connectivity index (χ0v) is 17.1. The number of ether oxygens (including phenoxy) is 1. The van der Waals surface area contributed by atoms with E-state index in [1.54, 1.807) is 0 Å². The predicted molar refractivity (Wildman–Crippen MR) is 101 cm³/mol. The summed E-state index contributed by atoms with van der Waals surface area (Å²) in [5, 5.41) is 0.